The van der Waals surface area contributed by atoms with Crippen LogP contribution in [0.1, 0.15) is 41.5 Å². The van der Waals surface area contributed by atoms with Crippen LogP contribution in [0, 0.1) is 0 Å². The van der Waals surface area contributed by atoms with Crippen molar-refractivity contribution in [1.29, 1.82) is 0 Å². The molecular formula is C14H28N2O4S. The van der Waals surface area contributed by atoms with Crippen molar-refractivity contribution in [2.75, 3.05) is 11.5 Å². The maximum absolute atomic E-state index is 11.7. The minimum atomic E-state index is -0.736. The molecule has 0 saturated carbocycles. The molecule has 0 fully saturated rings. The van der Waals surface area contributed by atoms with E-state index in [1.54, 1.807) is 41.5 Å². The normalized spacial score (nSPS) is 15.2. The summed E-state index contributed by atoms with van der Waals surface area (Å²) in [6.45, 7) is 10.7. The average Bonchev–Trinajstić information content (AvgIpc) is 2.23. The molecule has 0 aliphatic rings. The standard InChI is InChI=1S/C14H28N2O4S/c1-13(2,3)19-11(17)9(15)7-21-8-10(16)12(18)20-14(4,5)6/h9-10H,7-8,15-16H2,1-6H3/t9-,10-/m0/s1. The number of rotatable bonds is 6. The molecule has 0 aromatic heterocycles. The van der Waals surface area contributed by atoms with Gasteiger partial charge in [0.25, 0.3) is 0 Å². The molecule has 0 aromatic rings. The molecular weight excluding hydrogens is 292 g/mol. The lowest BCUT2D eigenvalue weighted by Gasteiger charge is -2.23. The second-order valence-corrected chi connectivity index (χ2v) is 7.89. The summed E-state index contributed by atoms with van der Waals surface area (Å²) >= 11 is 1.33. The first-order chi connectivity index (χ1) is 9.32. The Bertz CT molecular complexity index is 327. The van der Waals surface area contributed by atoms with E-state index < -0.39 is 35.2 Å². The summed E-state index contributed by atoms with van der Waals surface area (Å²) in [4.78, 5) is 23.3. The third-order valence-electron chi connectivity index (χ3n) is 2.01. The average molecular weight is 320 g/mol. The van der Waals surface area contributed by atoms with Gasteiger partial charge in [-0.15, -0.1) is 0 Å². The predicted octanol–water partition coefficient (Wildman–Crippen LogP) is 1.06. The van der Waals surface area contributed by atoms with Crippen molar-refractivity contribution < 1.29 is 19.1 Å². The van der Waals surface area contributed by atoms with Gasteiger partial charge in [0.05, 0.1) is 0 Å². The van der Waals surface area contributed by atoms with Crippen molar-refractivity contribution in [3.63, 3.8) is 0 Å². The Kier molecular flexibility index (Phi) is 7.70. The molecule has 0 radical (unpaired) electrons. The molecule has 0 aliphatic heterocycles. The Labute approximate surface area is 131 Å². The predicted molar refractivity (Wildman–Crippen MR) is 85.0 cm³/mol. The zero-order valence-electron chi connectivity index (χ0n) is 13.8. The van der Waals surface area contributed by atoms with Gasteiger partial charge in [-0.05, 0) is 41.5 Å². The number of hydrogen-bond acceptors (Lipinski definition) is 7. The van der Waals surface area contributed by atoms with Gasteiger partial charge in [0.2, 0.25) is 0 Å². The molecule has 0 aromatic carbocycles. The van der Waals surface area contributed by atoms with Gasteiger partial charge in [-0.2, -0.15) is 11.8 Å². The van der Waals surface area contributed by atoms with Crippen molar-refractivity contribution in [1.82, 2.24) is 0 Å². The smallest absolute Gasteiger partial charge is 0.324 e. The fourth-order valence-corrected chi connectivity index (χ4v) is 2.13. The fourth-order valence-electron chi connectivity index (χ4n) is 1.21. The summed E-state index contributed by atoms with van der Waals surface area (Å²) in [5.41, 5.74) is 10.3. The minimum Gasteiger partial charge on any atom is -0.459 e. The quantitative estimate of drug-likeness (QED) is 0.705. The Morgan fingerprint density at radius 3 is 1.38 bits per heavy atom. The first-order valence-corrected chi connectivity index (χ1v) is 8.02. The molecule has 0 aliphatic carbocycles. The lowest BCUT2D eigenvalue weighted by atomic mass is 10.2. The maximum atomic E-state index is 11.7. The summed E-state index contributed by atoms with van der Waals surface area (Å²) < 4.78 is 10.3. The van der Waals surface area contributed by atoms with Crippen LogP contribution in [0.15, 0.2) is 0 Å². The highest BCUT2D eigenvalue weighted by molar-refractivity contribution is 7.99. The highest BCUT2D eigenvalue weighted by atomic mass is 32.2. The molecule has 0 bridgehead atoms. The topological polar surface area (TPSA) is 105 Å². The molecule has 0 saturated heterocycles. The van der Waals surface area contributed by atoms with Crippen LogP contribution < -0.4 is 11.5 Å². The largest absolute Gasteiger partial charge is 0.459 e. The van der Waals surface area contributed by atoms with Gasteiger partial charge in [-0.1, -0.05) is 0 Å². The van der Waals surface area contributed by atoms with E-state index >= 15 is 0 Å². The molecule has 21 heavy (non-hydrogen) atoms. The zero-order chi connectivity index (χ0) is 16.8. The van der Waals surface area contributed by atoms with Crippen LogP contribution in [0.25, 0.3) is 0 Å². The van der Waals surface area contributed by atoms with E-state index in [1.807, 2.05) is 0 Å². The number of esters is 2. The number of hydrogen-bond donors (Lipinski definition) is 2. The summed E-state index contributed by atoms with van der Waals surface area (Å²) in [5.74, 6) is -0.238. The Balaban J connectivity index is 4.08. The van der Waals surface area contributed by atoms with Crippen LogP contribution in [0.4, 0.5) is 0 Å². The summed E-state index contributed by atoms with van der Waals surface area (Å²) in [5, 5.41) is 0. The summed E-state index contributed by atoms with van der Waals surface area (Å²) in [7, 11) is 0. The highest BCUT2D eigenvalue weighted by Gasteiger charge is 2.24. The zero-order valence-corrected chi connectivity index (χ0v) is 14.6. The van der Waals surface area contributed by atoms with E-state index in [0.717, 1.165) is 0 Å². The van der Waals surface area contributed by atoms with Crippen LogP contribution in [0.5, 0.6) is 0 Å². The van der Waals surface area contributed by atoms with Gasteiger partial charge in [0, 0.05) is 11.5 Å². The van der Waals surface area contributed by atoms with E-state index in [1.165, 1.54) is 11.8 Å². The van der Waals surface area contributed by atoms with Gasteiger partial charge in [-0.25, -0.2) is 0 Å². The monoisotopic (exact) mass is 320 g/mol. The minimum absolute atomic E-state index is 0.339. The first-order valence-electron chi connectivity index (χ1n) is 6.86. The van der Waals surface area contributed by atoms with Gasteiger partial charge in [0.15, 0.2) is 0 Å². The van der Waals surface area contributed by atoms with Gasteiger partial charge < -0.3 is 20.9 Å². The molecule has 124 valence electrons. The van der Waals surface area contributed by atoms with Gasteiger partial charge >= 0.3 is 11.9 Å². The van der Waals surface area contributed by atoms with Crippen molar-refractivity contribution in [3.8, 4) is 0 Å². The van der Waals surface area contributed by atoms with Gasteiger partial charge in [0.1, 0.15) is 23.3 Å². The molecule has 2 atom stereocenters. The molecule has 4 N–H and O–H groups in total. The number of nitrogens with two attached hydrogens (primary N) is 2. The fraction of sp³-hybridized carbons (Fsp3) is 0.857. The lowest BCUT2D eigenvalue weighted by molar-refractivity contribution is -0.156. The summed E-state index contributed by atoms with van der Waals surface area (Å²) in [6, 6.07) is -1.47. The van der Waals surface area contributed by atoms with Crippen LogP contribution in [0.2, 0.25) is 0 Å². The van der Waals surface area contributed by atoms with Crippen molar-refractivity contribution >= 4 is 23.7 Å². The molecule has 0 heterocycles. The lowest BCUT2D eigenvalue weighted by Crippen LogP contribution is -2.41. The molecule has 0 spiro atoms. The third-order valence-corrected chi connectivity index (χ3v) is 3.20. The van der Waals surface area contributed by atoms with Crippen molar-refractivity contribution in [2.45, 2.75) is 64.8 Å². The van der Waals surface area contributed by atoms with Crippen LogP contribution in [0.3, 0.4) is 0 Å². The van der Waals surface area contributed by atoms with Crippen molar-refractivity contribution in [2.24, 2.45) is 11.5 Å². The number of carbonyl (C=O) groups excluding carboxylic acids is 2. The number of carbonyl (C=O) groups is 2. The van der Waals surface area contributed by atoms with E-state index in [4.69, 9.17) is 20.9 Å². The second-order valence-electron chi connectivity index (χ2n) is 6.82. The molecule has 7 heteroatoms. The number of ether oxygens (including phenoxy) is 2. The Morgan fingerprint density at radius 1 is 0.857 bits per heavy atom. The van der Waals surface area contributed by atoms with Crippen molar-refractivity contribution in [3.05, 3.63) is 0 Å². The summed E-state index contributed by atoms with van der Waals surface area (Å²) in [6.07, 6.45) is 0. The van der Waals surface area contributed by atoms with E-state index in [2.05, 4.69) is 0 Å². The SMILES string of the molecule is CC(C)(C)OC(=O)[C@@H](N)CSC[C@H](N)C(=O)OC(C)(C)C. The highest BCUT2D eigenvalue weighted by Crippen LogP contribution is 2.12. The van der Waals surface area contributed by atoms with Crippen LogP contribution >= 0.6 is 11.8 Å². The Morgan fingerprint density at radius 2 is 1.14 bits per heavy atom. The van der Waals surface area contributed by atoms with Gasteiger partial charge in [-0.3, -0.25) is 9.59 Å². The number of thioether (sulfide) groups is 1. The van der Waals surface area contributed by atoms with E-state index in [-0.39, 0.29) is 0 Å². The van der Waals surface area contributed by atoms with Crippen LogP contribution in [-0.2, 0) is 19.1 Å². The molecule has 0 unspecified atom stereocenters. The molecule has 0 amide bonds. The Hall–Kier alpha value is -0.790. The van der Waals surface area contributed by atoms with E-state index in [0.29, 0.717) is 11.5 Å². The third kappa shape index (κ3) is 10.6. The molecule has 6 nitrogen and oxygen atoms in total. The van der Waals surface area contributed by atoms with Crippen LogP contribution in [-0.4, -0.2) is 46.7 Å². The first kappa shape index (κ1) is 20.2. The second kappa shape index (κ2) is 8.00. The maximum Gasteiger partial charge on any atom is 0.324 e. The molecule has 0 rings (SSSR count). The van der Waals surface area contributed by atoms with E-state index in [9.17, 15) is 9.59 Å².